The minimum absolute atomic E-state index is 0.0983. The standard InChI is InChI=1S/C15H29N3O/c1-7-16-13(11-15(4,5)19-6)10-14-9-12(3)17-18(14)8-2/h9,13,16H,7-8,10-11H2,1-6H3. The van der Waals surface area contributed by atoms with Crippen molar-refractivity contribution in [1.82, 2.24) is 15.1 Å². The van der Waals surface area contributed by atoms with Crippen molar-refractivity contribution in [2.45, 2.75) is 65.6 Å². The summed E-state index contributed by atoms with van der Waals surface area (Å²) in [5.41, 5.74) is 2.30. The van der Waals surface area contributed by atoms with E-state index in [2.05, 4.69) is 55.8 Å². The van der Waals surface area contributed by atoms with Crippen LogP contribution in [0.5, 0.6) is 0 Å². The summed E-state index contributed by atoms with van der Waals surface area (Å²) in [7, 11) is 1.78. The molecule has 0 aliphatic heterocycles. The van der Waals surface area contributed by atoms with Crippen LogP contribution in [0, 0.1) is 6.92 Å². The molecule has 0 saturated carbocycles. The zero-order valence-electron chi connectivity index (χ0n) is 13.3. The maximum atomic E-state index is 5.55. The number of hydrogen-bond donors (Lipinski definition) is 1. The number of aromatic nitrogens is 2. The molecule has 4 heteroatoms. The van der Waals surface area contributed by atoms with Crippen molar-refractivity contribution in [2.75, 3.05) is 13.7 Å². The predicted octanol–water partition coefficient (Wildman–Crippen LogP) is 2.55. The van der Waals surface area contributed by atoms with Gasteiger partial charge in [0.15, 0.2) is 0 Å². The number of aryl methyl sites for hydroxylation is 2. The highest BCUT2D eigenvalue weighted by atomic mass is 16.5. The van der Waals surface area contributed by atoms with E-state index >= 15 is 0 Å². The quantitative estimate of drug-likeness (QED) is 0.787. The second-order valence-corrected chi connectivity index (χ2v) is 5.72. The van der Waals surface area contributed by atoms with Gasteiger partial charge >= 0.3 is 0 Å². The Bertz CT molecular complexity index is 385. The Morgan fingerprint density at radius 1 is 1.42 bits per heavy atom. The first-order valence-electron chi connectivity index (χ1n) is 7.23. The zero-order chi connectivity index (χ0) is 14.5. The summed E-state index contributed by atoms with van der Waals surface area (Å²) in [6, 6.07) is 2.61. The molecule has 1 rings (SSSR count). The van der Waals surface area contributed by atoms with Crippen LogP contribution in [0.1, 0.15) is 45.5 Å². The van der Waals surface area contributed by atoms with E-state index < -0.39 is 0 Å². The van der Waals surface area contributed by atoms with Gasteiger partial charge in [-0.1, -0.05) is 6.92 Å². The highest BCUT2D eigenvalue weighted by Crippen LogP contribution is 2.18. The molecular weight excluding hydrogens is 238 g/mol. The molecule has 0 aliphatic rings. The summed E-state index contributed by atoms with van der Waals surface area (Å²) in [6.07, 6.45) is 1.99. The van der Waals surface area contributed by atoms with Crippen LogP contribution >= 0.6 is 0 Å². The number of methoxy groups -OCH3 is 1. The van der Waals surface area contributed by atoms with Gasteiger partial charge in [-0.15, -0.1) is 0 Å². The molecule has 1 aromatic heterocycles. The molecule has 1 heterocycles. The Morgan fingerprint density at radius 2 is 2.11 bits per heavy atom. The Balaban J connectivity index is 2.77. The van der Waals surface area contributed by atoms with Crippen molar-refractivity contribution in [1.29, 1.82) is 0 Å². The monoisotopic (exact) mass is 267 g/mol. The second kappa shape index (κ2) is 7.06. The number of likely N-dealkylation sites (N-methyl/N-ethyl adjacent to an activating group) is 1. The fraction of sp³-hybridized carbons (Fsp3) is 0.800. The molecule has 1 aromatic rings. The molecule has 0 aliphatic carbocycles. The normalized spacial score (nSPS) is 13.8. The summed E-state index contributed by atoms with van der Waals surface area (Å²) in [4.78, 5) is 0. The van der Waals surface area contributed by atoms with Gasteiger partial charge < -0.3 is 10.1 Å². The third-order valence-electron chi connectivity index (χ3n) is 3.52. The number of nitrogens with one attached hydrogen (secondary N) is 1. The largest absolute Gasteiger partial charge is 0.379 e. The molecule has 1 unspecified atom stereocenters. The van der Waals surface area contributed by atoms with Crippen LogP contribution in [-0.2, 0) is 17.7 Å². The van der Waals surface area contributed by atoms with E-state index in [-0.39, 0.29) is 5.60 Å². The van der Waals surface area contributed by atoms with Gasteiger partial charge in [0.05, 0.1) is 11.3 Å². The smallest absolute Gasteiger partial charge is 0.0637 e. The van der Waals surface area contributed by atoms with E-state index in [0.29, 0.717) is 6.04 Å². The number of rotatable bonds is 8. The van der Waals surface area contributed by atoms with Gasteiger partial charge in [-0.25, -0.2) is 0 Å². The van der Waals surface area contributed by atoms with Gasteiger partial charge in [0.25, 0.3) is 0 Å². The average molecular weight is 267 g/mol. The van der Waals surface area contributed by atoms with Gasteiger partial charge in [-0.3, -0.25) is 4.68 Å². The second-order valence-electron chi connectivity index (χ2n) is 5.72. The van der Waals surface area contributed by atoms with Gasteiger partial charge in [-0.05, 0) is 46.7 Å². The Labute approximate surface area is 117 Å². The lowest BCUT2D eigenvalue weighted by Gasteiger charge is -2.29. The molecule has 4 nitrogen and oxygen atoms in total. The van der Waals surface area contributed by atoms with Crippen LogP contribution in [0.15, 0.2) is 6.07 Å². The Morgan fingerprint density at radius 3 is 2.63 bits per heavy atom. The molecular formula is C15H29N3O. The van der Waals surface area contributed by atoms with Crippen molar-refractivity contribution >= 4 is 0 Å². The highest BCUT2D eigenvalue weighted by molar-refractivity contribution is 5.10. The summed E-state index contributed by atoms with van der Waals surface area (Å²) >= 11 is 0. The molecule has 0 bridgehead atoms. The maximum absolute atomic E-state index is 5.55. The van der Waals surface area contributed by atoms with E-state index in [9.17, 15) is 0 Å². The molecule has 19 heavy (non-hydrogen) atoms. The van der Waals surface area contributed by atoms with Crippen molar-refractivity contribution in [2.24, 2.45) is 0 Å². The minimum atomic E-state index is -0.0983. The van der Waals surface area contributed by atoms with Crippen LogP contribution in [0.2, 0.25) is 0 Å². The minimum Gasteiger partial charge on any atom is -0.379 e. The molecule has 1 atom stereocenters. The number of hydrogen-bond acceptors (Lipinski definition) is 3. The van der Waals surface area contributed by atoms with Crippen molar-refractivity contribution in [3.8, 4) is 0 Å². The summed E-state index contributed by atoms with van der Waals surface area (Å²) in [6.45, 7) is 12.5. The molecule has 0 radical (unpaired) electrons. The molecule has 0 saturated heterocycles. The fourth-order valence-electron chi connectivity index (χ4n) is 2.47. The van der Waals surface area contributed by atoms with Gasteiger partial charge in [-0.2, -0.15) is 5.10 Å². The van der Waals surface area contributed by atoms with E-state index in [1.54, 1.807) is 7.11 Å². The predicted molar refractivity (Wildman–Crippen MR) is 79.5 cm³/mol. The lowest BCUT2D eigenvalue weighted by molar-refractivity contribution is 0.00712. The van der Waals surface area contributed by atoms with Crippen molar-refractivity contribution < 1.29 is 4.74 Å². The summed E-state index contributed by atoms with van der Waals surface area (Å²) in [5.74, 6) is 0. The lowest BCUT2D eigenvalue weighted by Crippen LogP contribution is -2.39. The Kier molecular flexibility index (Phi) is 6.01. The van der Waals surface area contributed by atoms with E-state index in [1.807, 2.05) is 0 Å². The van der Waals surface area contributed by atoms with E-state index in [4.69, 9.17) is 4.74 Å². The zero-order valence-corrected chi connectivity index (χ0v) is 13.3. The van der Waals surface area contributed by atoms with Gasteiger partial charge in [0, 0.05) is 31.8 Å². The Hall–Kier alpha value is -0.870. The summed E-state index contributed by atoms with van der Waals surface area (Å²) < 4.78 is 7.65. The topological polar surface area (TPSA) is 39.1 Å². The maximum Gasteiger partial charge on any atom is 0.0637 e. The molecule has 110 valence electrons. The van der Waals surface area contributed by atoms with Crippen molar-refractivity contribution in [3.05, 3.63) is 17.5 Å². The average Bonchev–Trinajstić information content (AvgIpc) is 2.69. The van der Waals surface area contributed by atoms with Gasteiger partial charge in [0.2, 0.25) is 0 Å². The first-order chi connectivity index (χ1) is 8.91. The first kappa shape index (κ1) is 16.2. The molecule has 0 fully saturated rings. The lowest BCUT2D eigenvalue weighted by atomic mass is 9.95. The van der Waals surface area contributed by atoms with Gasteiger partial charge in [0.1, 0.15) is 0 Å². The SMILES string of the molecule is CCNC(Cc1cc(C)nn1CC)CC(C)(C)OC. The van der Waals surface area contributed by atoms with Crippen LogP contribution in [0.4, 0.5) is 0 Å². The van der Waals surface area contributed by atoms with Crippen LogP contribution in [0.3, 0.4) is 0 Å². The van der Waals surface area contributed by atoms with Crippen molar-refractivity contribution in [3.63, 3.8) is 0 Å². The van der Waals surface area contributed by atoms with Crippen LogP contribution in [0.25, 0.3) is 0 Å². The molecule has 0 aromatic carbocycles. The third kappa shape index (κ3) is 4.96. The highest BCUT2D eigenvalue weighted by Gasteiger charge is 2.23. The third-order valence-corrected chi connectivity index (χ3v) is 3.52. The summed E-state index contributed by atoms with van der Waals surface area (Å²) in [5, 5.41) is 8.08. The van der Waals surface area contributed by atoms with Crippen LogP contribution < -0.4 is 5.32 Å². The van der Waals surface area contributed by atoms with E-state index in [1.165, 1.54) is 5.69 Å². The molecule has 0 spiro atoms. The van der Waals surface area contributed by atoms with Crippen LogP contribution in [-0.4, -0.2) is 35.1 Å². The molecule has 1 N–H and O–H groups in total. The number of nitrogens with zero attached hydrogens (tertiary/aromatic N) is 2. The first-order valence-corrected chi connectivity index (χ1v) is 7.23. The molecule has 0 amide bonds. The number of ether oxygens (including phenoxy) is 1. The van der Waals surface area contributed by atoms with E-state index in [0.717, 1.165) is 31.6 Å². The fourth-order valence-corrected chi connectivity index (χ4v) is 2.47.